The van der Waals surface area contributed by atoms with Crippen LogP contribution in [0.15, 0.2) is 54.9 Å². The van der Waals surface area contributed by atoms with E-state index in [2.05, 4.69) is 15.4 Å². The zero-order chi connectivity index (χ0) is 17.6. The Kier molecular flexibility index (Phi) is 4.72. The van der Waals surface area contributed by atoms with Crippen LogP contribution in [0.1, 0.15) is 11.1 Å². The van der Waals surface area contributed by atoms with Gasteiger partial charge in [-0.05, 0) is 29.8 Å². The maximum atomic E-state index is 12.4. The van der Waals surface area contributed by atoms with Gasteiger partial charge in [0, 0.05) is 6.20 Å². The molecule has 3 rings (SSSR count). The summed E-state index contributed by atoms with van der Waals surface area (Å²) in [6.07, 6.45) is 3.19. The molecule has 0 aliphatic heterocycles. The molecule has 0 saturated heterocycles. The van der Waals surface area contributed by atoms with Gasteiger partial charge in [0.2, 0.25) is 5.91 Å². The number of hydrogen-bond donors (Lipinski definition) is 1. The minimum Gasteiger partial charge on any atom is -0.497 e. The highest BCUT2D eigenvalue weighted by Gasteiger charge is 2.16. The molecule has 3 aromatic rings. The van der Waals surface area contributed by atoms with Gasteiger partial charge in [0.15, 0.2) is 11.6 Å². The number of nitrogens with zero attached hydrogens (tertiary/aromatic N) is 4. The highest BCUT2D eigenvalue weighted by atomic mass is 16.5. The lowest BCUT2D eigenvalue weighted by Gasteiger charge is -2.09. The van der Waals surface area contributed by atoms with Crippen molar-refractivity contribution in [2.45, 2.75) is 6.42 Å². The van der Waals surface area contributed by atoms with Gasteiger partial charge < -0.3 is 10.1 Å². The lowest BCUT2D eigenvalue weighted by Crippen LogP contribution is -2.18. The fourth-order valence-corrected chi connectivity index (χ4v) is 2.31. The second-order valence-corrected chi connectivity index (χ2v) is 5.19. The number of ether oxygens (including phenoxy) is 1. The molecule has 0 unspecified atom stereocenters. The first-order valence-electron chi connectivity index (χ1n) is 7.53. The SMILES string of the molecule is COc1ccc(CC(=O)Nc2c(C#N)cnn2-c2ccccn2)cc1. The number of pyridine rings is 1. The number of aromatic nitrogens is 3. The summed E-state index contributed by atoms with van der Waals surface area (Å²) in [6.45, 7) is 0. The zero-order valence-corrected chi connectivity index (χ0v) is 13.5. The predicted octanol–water partition coefficient (Wildman–Crippen LogP) is 2.33. The molecule has 0 bridgehead atoms. The van der Waals surface area contributed by atoms with E-state index in [1.807, 2.05) is 18.2 Å². The molecule has 0 fully saturated rings. The van der Waals surface area contributed by atoms with Gasteiger partial charge in [-0.2, -0.15) is 15.0 Å². The molecule has 2 heterocycles. The summed E-state index contributed by atoms with van der Waals surface area (Å²) in [5.41, 5.74) is 1.11. The number of amides is 1. The van der Waals surface area contributed by atoms with Gasteiger partial charge in [-0.15, -0.1) is 0 Å². The molecular formula is C18H15N5O2. The Labute approximate surface area is 144 Å². The minimum absolute atomic E-state index is 0.169. The van der Waals surface area contributed by atoms with Crippen molar-refractivity contribution < 1.29 is 9.53 Å². The topological polar surface area (TPSA) is 92.8 Å². The Morgan fingerprint density at radius 1 is 1.28 bits per heavy atom. The van der Waals surface area contributed by atoms with E-state index < -0.39 is 0 Å². The maximum absolute atomic E-state index is 12.4. The largest absolute Gasteiger partial charge is 0.497 e. The summed E-state index contributed by atoms with van der Waals surface area (Å²) in [4.78, 5) is 16.6. The average Bonchev–Trinajstić information content (AvgIpc) is 3.05. The van der Waals surface area contributed by atoms with Gasteiger partial charge in [-0.1, -0.05) is 18.2 Å². The molecule has 1 N–H and O–H groups in total. The van der Waals surface area contributed by atoms with Gasteiger partial charge in [0.25, 0.3) is 0 Å². The van der Waals surface area contributed by atoms with Crippen LogP contribution >= 0.6 is 0 Å². The van der Waals surface area contributed by atoms with Crippen LogP contribution in [0, 0.1) is 11.3 Å². The van der Waals surface area contributed by atoms with E-state index in [9.17, 15) is 10.1 Å². The molecule has 7 nitrogen and oxygen atoms in total. The van der Waals surface area contributed by atoms with Crippen molar-refractivity contribution >= 4 is 11.7 Å². The Bertz CT molecular complexity index is 911. The van der Waals surface area contributed by atoms with E-state index in [1.54, 1.807) is 43.6 Å². The summed E-state index contributed by atoms with van der Waals surface area (Å²) < 4.78 is 6.53. The summed E-state index contributed by atoms with van der Waals surface area (Å²) in [7, 11) is 1.59. The summed E-state index contributed by atoms with van der Waals surface area (Å²) >= 11 is 0. The predicted molar refractivity (Wildman–Crippen MR) is 91.4 cm³/mol. The number of carbonyl (C=O) groups is 1. The number of anilines is 1. The Morgan fingerprint density at radius 3 is 2.72 bits per heavy atom. The van der Waals surface area contributed by atoms with Crippen molar-refractivity contribution in [3.05, 3.63) is 66.0 Å². The zero-order valence-electron chi connectivity index (χ0n) is 13.5. The number of nitriles is 1. The molecular weight excluding hydrogens is 318 g/mol. The number of hydrogen-bond acceptors (Lipinski definition) is 5. The van der Waals surface area contributed by atoms with Crippen LogP contribution in [-0.4, -0.2) is 27.8 Å². The Morgan fingerprint density at radius 2 is 2.08 bits per heavy atom. The van der Waals surface area contributed by atoms with Gasteiger partial charge >= 0.3 is 0 Å². The number of carbonyl (C=O) groups excluding carboxylic acids is 1. The van der Waals surface area contributed by atoms with Crippen LogP contribution in [-0.2, 0) is 11.2 Å². The second-order valence-electron chi connectivity index (χ2n) is 5.19. The molecule has 2 aromatic heterocycles. The lowest BCUT2D eigenvalue weighted by atomic mass is 10.1. The summed E-state index contributed by atoms with van der Waals surface area (Å²) in [6, 6.07) is 14.6. The van der Waals surface area contributed by atoms with Crippen LogP contribution in [0.3, 0.4) is 0 Å². The third-order valence-electron chi connectivity index (χ3n) is 3.54. The molecule has 0 radical (unpaired) electrons. The molecule has 7 heteroatoms. The van der Waals surface area contributed by atoms with Crippen molar-refractivity contribution in [1.82, 2.24) is 14.8 Å². The second kappa shape index (κ2) is 7.27. The van der Waals surface area contributed by atoms with Gasteiger partial charge in [-0.25, -0.2) is 4.98 Å². The van der Waals surface area contributed by atoms with Crippen molar-refractivity contribution in [3.8, 4) is 17.6 Å². The van der Waals surface area contributed by atoms with E-state index in [1.165, 1.54) is 10.9 Å². The molecule has 0 saturated carbocycles. The standard InChI is InChI=1S/C18H15N5O2/c1-25-15-7-5-13(6-8-15)10-17(24)22-18-14(11-19)12-21-23(18)16-4-2-3-9-20-16/h2-9,12H,10H2,1H3,(H,22,24). The Hall–Kier alpha value is -3.66. The van der Waals surface area contributed by atoms with Crippen molar-refractivity contribution in [2.24, 2.45) is 0 Å². The molecule has 25 heavy (non-hydrogen) atoms. The smallest absolute Gasteiger partial charge is 0.229 e. The van der Waals surface area contributed by atoms with E-state index >= 15 is 0 Å². The fraction of sp³-hybridized carbons (Fsp3) is 0.111. The quantitative estimate of drug-likeness (QED) is 0.773. The molecule has 0 atom stereocenters. The normalized spacial score (nSPS) is 10.1. The van der Waals surface area contributed by atoms with Crippen molar-refractivity contribution in [1.29, 1.82) is 5.26 Å². The van der Waals surface area contributed by atoms with Crippen LogP contribution in [0.25, 0.3) is 5.82 Å². The highest BCUT2D eigenvalue weighted by molar-refractivity contribution is 5.92. The van der Waals surface area contributed by atoms with E-state index in [0.29, 0.717) is 11.6 Å². The van der Waals surface area contributed by atoms with Crippen LogP contribution in [0.5, 0.6) is 5.75 Å². The molecule has 124 valence electrons. The molecule has 1 aromatic carbocycles. The fourth-order valence-electron chi connectivity index (χ4n) is 2.31. The maximum Gasteiger partial charge on any atom is 0.229 e. The van der Waals surface area contributed by atoms with Crippen molar-refractivity contribution in [2.75, 3.05) is 12.4 Å². The number of rotatable bonds is 5. The van der Waals surface area contributed by atoms with Gasteiger partial charge in [-0.3, -0.25) is 4.79 Å². The number of nitrogens with one attached hydrogen (secondary N) is 1. The van der Waals surface area contributed by atoms with Gasteiger partial charge in [0.1, 0.15) is 17.4 Å². The molecule has 1 amide bonds. The summed E-state index contributed by atoms with van der Waals surface area (Å²) in [5.74, 6) is 1.30. The lowest BCUT2D eigenvalue weighted by molar-refractivity contribution is -0.115. The Balaban J connectivity index is 1.81. The molecule has 0 aliphatic rings. The minimum atomic E-state index is -0.251. The van der Waals surface area contributed by atoms with Crippen LogP contribution in [0.4, 0.5) is 5.82 Å². The number of methoxy groups -OCH3 is 1. The highest BCUT2D eigenvalue weighted by Crippen LogP contribution is 2.19. The summed E-state index contributed by atoms with van der Waals surface area (Å²) in [5, 5.41) is 16.1. The van der Waals surface area contributed by atoms with E-state index in [0.717, 1.165) is 11.3 Å². The van der Waals surface area contributed by atoms with Gasteiger partial charge in [0.05, 0.1) is 19.7 Å². The molecule has 0 spiro atoms. The molecule has 0 aliphatic carbocycles. The monoisotopic (exact) mass is 333 g/mol. The number of benzene rings is 1. The first-order chi connectivity index (χ1) is 12.2. The average molecular weight is 333 g/mol. The van der Waals surface area contributed by atoms with E-state index in [-0.39, 0.29) is 17.9 Å². The van der Waals surface area contributed by atoms with E-state index in [4.69, 9.17) is 4.74 Å². The first kappa shape index (κ1) is 16.2. The van der Waals surface area contributed by atoms with Crippen LogP contribution < -0.4 is 10.1 Å². The van der Waals surface area contributed by atoms with Crippen LogP contribution in [0.2, 0.25) is 0 Å². The third-order valence-corrected chi connectivity index (χ3v) is 3.54. The first-order valence-corrected chi connectivity index (χ1v) is 7.53. The van der Waals surface area contributed by atoms with Crippen molar-refractivity contribution in [3.63, 3.8) is 0 Å². The third kappa shape index (κ3) is 3.64.